The van der Waals surface area contributed by atoms with Crippen LogP contribution in [0.2, 0.25) is 0 Å². The van der Waals surface area contributed by atoms with Gasteiger partial charge in [0.05, 0.1) is 0 Å². The second-order valence-corrected chi connectivity index (χ2v) is 7.58. The highest BCUT2D eigenvalue weighted by Crippen LogP contribution is 2.29. The summed E-state index contributed by atoms with van der Waals surface area (Å²) < 4.78 is 53.9. The fourth-order valence-corrected chi connectivity index (χ4v) is 4.29. The van der Waals surface area contributed by atoms with Gasteiger partial charge in [0.1, 0.15) is 15.7 Å². The summed E-state index contributed by atoms with van der Waals surface area (Å²) in [5.74, 6) is -1.89. The molecule has 0 unspecified atom stereocenters. The van der Waals surface area contributed by atoms with Gasteiger partial charge in [-0.15, -0.1) is 11.3 Å². The summed E-state index contributed by atoms with van der Waals surface area (Å²) in [6, 6.07) is 3.69. The van der Waals surface area contributed by atoms with Crippen molar-refractivity contribution in [1.82, 2.24) is 0 Å². The second kappa shape index (κ2) is 5.70. The minimum Gasteiger partial charge on any atom is -0.326 e. The Hall–Kier alpha value is -1.51. The quantitative estimate of drug-likeness (QED) is 0.904. The first kappa shape index (κ1) is 15.9. The Balaban J connectivity index is 2.44. The smallest absolute Gasteiger partial charge is 0.271 e. The van der Waals surface area contributed by atoms with Crippen LogP contribution in [0.3, 0.4) is 0 Å². The Bertz CT molecular complexity index is 786. The number of hydrogen-bond acceptors (Lipinski definition) is 4. The van der Waals surface area contributed by atoms with Crippen LogP contribution in [0.5, 0.6) is 0 Å². The number of nitrogens with two attached hydrogens (primary N) is 1. The Morgan fingerprint density at radius 2 is 1.90 bits per heavy atom. The Morgan fingerprint density at radius 1 is 1.24 bits per heavy atom. The van der Waals surface area contributed by atoms with Crippen LogP contribution in [-0.2, 0) is 16.6 Å². The summed E-state index contributed by atoms with van der Waals surface area (Å²) in [5.41, 5.74) is 5.71. The van der Waals surface area contributed by atoms with E-state index in [-0.39, 0.29) is 16.3 Å². The first-order valence-corrected chi connectivity index (χ1v) is 8.33. The van der Waals surface area contributed by atoms with Crippen LogP contribution >= 0.6 is 11.3 Å². The first-order valence-electron chi connectivity index (χ1n) is 6.03. The molecule has 0 bridgehead atoms. The van der Waals surface area contributed by atoms with E-state index in [0.717, 1.165) is 23.0 Å². The summed E-state index contributed by atoms with van der Waals surface area (Å²) >= 11 is 0.981. The summed E-state index contributed by atoms with van der Waals surface area (Å²) in [4.78, 5) is 0.709. The number of anilines is 1. The van der Waals surface area contributed by atoms with Crippen LogP contribution in [0.15, 0.2) is 22.4 Å². The fourth-order valence-electron chi connectivity index (χ4n) is 1.76. The molecule has 0 spiro atoms. The van der Waals surface area contributed by atoms with E-state index in [2.05, 4.69) is 0 Å². The highest BCUT2D eigenvalue weighted by atomic mass is 32.2. The largest absolute Gasteiger partial charge is 0.326 e. The lowest BCUT2D eigenvalue weighted by Gasteiger charge is -2.09. The van der Waals surface area contributed by atoms with Gasteiger partial charge in [-0.3, -0.25) is 4.72 Å². The number of rotatable bonds is 4. The van der Waals surface area contributed by atoms with Gasteiger partial charge in [-0.05, 0) is 37.1 Å². The van der Waals surface area contributed by atoms with Crippen LogP contribution in [0, 0.1) is 25.5 Å². The normalized spacial score (nSPS) is 11.7. The molecule has 114 valence electrons. The zero-order valence-corrected chi connectivity index (χ0v) is 13.0. The molecule has 0 radical (unpaired) electrons. The van der Waals surface area contributed by atoms with Crippen molar-refractivity contribution in [3.8, 4) is 0 Å². The number of aryl methyl sites for hydroxylation is 2. The van der Waals surface area contributed by atoms with E-state index in [4.69, 9.17) is 5.73 Å². The molecule has 1 aromatic carbocycles. The molecule has 0 aliphatic rings. The summed E-state index contributed by atoms with van der Waals surface area (Å²) in [6.07, 6.45) is 0. The van der Waals surface area contributed by atoms with E-state index in [1.54, 1.807) is 6.92 Å². The first-order chi connectivity index (χ1) is 9.76. The molecule has 0 aliphatic heterocycles. The molecule has 21 heavy (non-hydrogen) atoms. The molecule has 4 nitrogen and oxygen atoms in total. The maximum Gasteiger partial charge on any atom is 0.271 e. The van der Waals surface area contributed by atoms with Crippen molar-refractivity contribution < 1.29 is 17.2 Å². The van der Waals surface area contributed by atoms with E-state index >= 15 is 0 Å². The van der Waals surface area contributed by atoms with Crippen molar-refractivity contribution in [2.45, 2.75) is 24.6 Å². The van der Waals surface area contributed by atoms with Crippen LogP contribution in [0.25, 0.3) is 0 Å². The van der Waals surface area contributed by atoms with E-state index in [0.29, 0.717) is 4.88 Å². The third-order valence-corrected chi connectivity index (χ3v) is 6.05. The topological polar surface area (TPSA) is 72.2 Å². The molecular formula is C13H14F2N2O2S2. The van der Waals surface area contributed by atoms with Crippen molar-refractivity contribution in [1.29, 1.82) is 0 Å². The van der Waals surface area contributed by atoms with Gasteiger partial charge in [-0.25, -0.2) is 17.2 Å². The molecular weight excluding hydrogens is 318 g/mol. The molecule has 0 saturated carbocycles. The third-order valence-electron chi connectivity index (χ3n) is 2.97. The Morgan fingerprint density at radius 3 is 2.48 bits per heavy atom. The number of thiophene rings is 1. The van der Waals surface area contributed by atoms with E-state index in [1.807, 2.05) is 4.72 Å². The lowest BCUT2D eigenvalue weighted by Crippen LogP contribution is -2.14. The molecule has 8 heteroatoms. The highest BCUT2D eigenvalue weighted by molar-refractivity contribution is 7.94. The number of benzene rings is 1. The van der Waals surface area contributed by atoms with Crippen LogP contribution < -0.4 is 10.5 Å². The summed E-state index contributed by atoms with van der Waals surface area (Å²) in [6.45, 7) is 3.36. The Kier molecular flexibility index (Phi) is 4.31. The van der Waals surface area contributed by atoms with E-state index < -0.39 is 27.3 Å². The lowest BCUT2D eigenvalue weighted by molar-refractivity contribution is 0.579. The summed E-state index contributed by atoms with van der Waals surface area (Å²) in [7, 11) is -4.05. The predicted molar refractivity (Wildman–Crippen MR) is 78.9 cm³/mol. The number of nitrogens with one attached hydrogen (secondary N) is 1. The monoisotopic (exact) mass is 332 g/mol. The summed E-state index contributed by atoms with van der Waals surface area (Å²) in [5, 5.41) is 0. The maximum absolute atomic E-state index is 13.9. The molecule has 1 heterocycles. The molecule has 0 amide bonds. The van der Waals surface area contributed by atoms with Gasteiger partial charge >= 0.3 is 0 Å². The van der Waals surface area contributed by atoms with Crippen molar-refractivity contribution in [3.63, 3.8) is 0 Å². The van der Waals surface area contributed by atoms with E-state index in [1.165, 1.54) is 19.1 Å². The Labute approximate surface area is 125 Å². The van der Waals surface area contributed by atoms with Gasteiger partial charge in [-0.2, -0.15) is 0 Å². The average Bonchev–Trinajstić information content (AvgIpc) is 2.81. The fraction of sp³-hybridized carbons (Fsp3) is 0.231. The van der Waals surface area contributed by atoms with Crippen molar-refractivity contribution in [3.05, 3.63) is 45.8 Å². The van der Waals surface area contributed by atoms with Gasteiger partial charge in [0.15, 0.2) is 5.82 Å². The highest BCUT2D eigenvalue weighted by Gasteiger charge is 2.22. The lowest BCUT2D eigenvalue weighted by atomic mass is 10.2. The van der Waals surface area contributed by atoms with Crippen LogP contribution in [0.4, 0.5) is 14.5 Å². The second-order valence-electron chi connectivity index (χ2n) is 4.53. The maximum atomic E-state index is 13.9. The third kappa shape index (κ3) is 3.07. The average molecular weight is 332 g/mol. The van der Waals surface area contributed by atoms with E-state index in [9.17, 15) is 17.2 Å². The standard InChI is InChI=1S/C13H14F2N2O2S2/c1-7-3-4-9(14)13(12(7)15)17-21(18,19)11-5-8(2)10(6-16)20-11/h3-5,17H,6,16H2,1-2H3. The van der Waals surface area contributed by atoms with Gasteiger partial charge in [-0.1, -0.05) is 6.07 Å². The molecule has 0 fully saturated rings. The van der Waals surface area contributed by atoms with Gasteiger partial charge in [0.2, 0.25) is 0 Å². The molecule has 0 saturated heterocycles. The molecule has 0 atom stereocenters. The van der Waals surface area contributed by atoms with Crippen LogP contribution in [-0.4, -0.2) is 8.42 Å². The SMILES string of the molecule is Cc1cc(S(=O)(=O)Nc2c(F)ccc(C)c2F)sc1CN. The number of halogens is 2. The van der Waals surface area contributed by atoms with Crippen molar-refractivity contribution in [2.24, 2.45) is 5.73 Å². The van der Waals surface area contributed by atoms with Crippen LogP contribution in [0.1, 0.15) is 16.0 Å². The number of sulfonamides is 1. The van der Waals surface area contributed by atoms with Crippen molar-refractivity contribution >= 4 is 27.0 Å². The number of hydrogen-bond donors (Lipinski definition) is 2. The predicted octanol–water partition coefficient (Wildman–Crippen LogP) is 2.90. The van der Waals surface area contributed by atoms with Gasteiger partial charge in [0, 0.05) is 11.4 Å². The zero-order valence-electron chi connectivity index (χ0n) is 11.4. The minimum absolute atomic E-state index is 0.0271. The van der Waals surface area contributed by atoms with Gasteiger partial charge < -0.3 is 5.73 Å². The van der Waals surface area contributed by atoms with Gasteiger partial charge in [0.25, 0.3) is 10.0 Å². The molecule has 3 N–H and O–H groups in total. The molecule has 1 aromatic heterocycles. The minimum atomic E-state index is -4.05. The zero-order chi connectivity index (χ0) is 15.8. The van der Waals surface area contributed by atoms with Crippen molar-refractivity contribution in [2.75, 3.05) is 4.72 Å². The molecule has 2 rings (SSSR count). The molecule has 2 aromatic rings. The molecule has 0 aliphatic carbocycles.